The molecule has 0 amide bonds. The zero-order chi connectivity index (χ0) is 4.50. The molecule has 0 atom stereocenters. The summed E-state index contributed by atoms with van der Waals surface area (Å²) in [6.45, 7) is 0. The largest absolute Gasteiger partial charge is 0.466 e. The summed E-state index contributed by atoms with van der Waals surface area (Å²) in [6, 6.07) is 0. The smallest absolute Gasteiger partial charge is 0.303 e. The van der Waals surface area contributed by atoms with Crippen LogP contribution in [0.1, 0.15) is 0 Å². The molecule has 40 valence electrons. The van der Waals surface area contributed by atoms with Gasteiger partial charge in [0, 0.05) is 52.4 Å². The van der Waals surface area contributed by atoms with Crippen LogP contribution in [0.2, 0.25) is 0 Å². The first-order valence-corrected chi connectivity index (χ1v) is 2.35. The van der Waals surface area contributed by atoms with E-state index >= 15 is 0 Å². The van der Waals surface area contributed by atoms with Crippen molar-refractivity contribution in [3.63, 3.8) is 0 Å². The Balaban J connectivity index is -0.0000000800. The molecular formula is H3O4PZr2. The Morgan fingerprint density at radius 1 is 1.00 bits per heavy atom. The van der Waals surface area contributed by atoms with Crippen LogP contribution in [0.4, 0.5) is 0 Å². The van der Waals surface area contributed by atoms with Gasteiger partial charge < -0.3 is 14.7 Å². The molecule has 0 rings (SSSR count). The monoisotopic (exact) mass is 278 g/mol. The van der Waals surface area contributed by atoms with Crippen molar-refractivity contribution in [2.45, 2.75) is 0 Å². The van der Waals surface area contributed by atoms with Crippen molar-refractivity contribution in [1.29, 1.82) is 0 Å². The number of hydrogen-bond acceptors (Lipinski definition) is 1. The van der Waals surface area contributed by atoms with Gasteiger partial charge in [-0.1, -0.05) is 0 Å². The van der Waals surface area contributed by atoms with Crippen LogP contribution in [-0.4, -0.2) is 14.7 Å². The SMILES string of the molecule is O=P(O)(O)O.[Zr].[Zr]. The summed E-state index contributed by atoms with van der Waals surface area (Å²) >= 11 is 0. The molecule has 0 aliphatic heterocycles. The third kappa shape index (κ3) is 77.3. The summed E-state index contributed by atoms with van der Waals surface area (Å²) < 4.78 is 8.88. The maximum Gasteiger partial charge on any atom is 0.466 e. The summed E-state index contributed by atoms with van der Waals surface area (Å²) in [6.07, 6.45) is 0. The average Bonchev–Trinajstić information content (AvgIpc) is 0.722. The van der Waals surface area contributed by atoms with Crippen LogP contribution in [0.3, 0.4) is 0 Å². The zero-order valence-electron chi connectivity index (χ0n) is 3.20. The predicted molar refractivity (Wildman–Crippen MR) is 14.3 cm³/mol. The fourth-order valence-electron chi connectivity index (χ4n) is 0. The molecule has 0 aliphatic rings. The molecule has 0 aromatic rings. The minimum absolute atomic E-state index is 0. The standard InChI is InChI=1S/H3O4P.2Zr/c1-5(2,3)4;;/h(H3,1,2,3,4);;. The van der Waals surface area contributed by atoms with E-state index in [0.29, 0.717) is 0 Å². The second kappa shape index (κ2) is 6.00. The third-order valence-electron chi connectivity index (χ3n) is 0. The van der Waals surface area contributed by atoms with Gasteiger partial charge in [0.05, 0.1) is 0 Å². The van der Waals surface area contributed by atoms with Crippen LogP contribution in [0.5, 0.6) is 0 Å². The van der Waals surface area contributed by atoms with Gasteiger partial charge in [0.1, 0.15) is 0 Å². The Morgan fingerprint density at radius 2 is 1.00 bits per heavy atom. The first-order chi connectivity index (χ1) is 2.00. The number of rotatable bonds is 0. The first-order valence-electron chi connectivity index (χ1n) is 0.783. The van der Waals surface area contributed by atoms with Gasteiger partial charge in [-0.25, -0.2) is 4.57 Å². The Morgan fingerprint density at radius 3 is 1.00 bits per heavy atom. The van der Waals surface area contributed by atoms with Gasteiger partial charge >= 0.3 is 7.82 Å². The Bertz CT molecular complexity index is 55.8. The van der Waals surface area contributed by atoms with Crippen molar-refractivity contribution < 1.29 is 71.7 Å². The minimum Gasteiger partial charge on any atom is -0.303 e. The summed E-state index contributed by atoms with van der Waals surface area (Å²) in [5.41, 5.74) is 0. The molecule has 3 N–H and O–H groups in total. The van der Waals surface area contributed by atoms with E-state index in [4.69, 9.17) is 19.2 Å². The van der Waals surface area contributed by atoms with E-state index in [-0.39, 0.29) is 52.4 Å². The van der Waals surface area contributed by atoms with Crippen molar-refractivity contribution in [1.82, 2.24) is 0 Å². The van der Waals surface area contributed by atoms with E-state index in [9.17, 15) is 0 Å². The minimum atomic E-state index is -4.64. The number of phosphoric acid groups is 1. The summed E-state index contributed by atoms with van der Waals surface area (Å²) in [5, 5.41) is 0. The second-order valence-corrected chi connectivity index (χ2v) is 1.54. The fraction of sp³-hybridized carbons (Fsp3) is 0. The summed E-state index contributed by atoms with van der Waals surface area (Å²) in [5.74, 6) is 0. The van der Waals surface area contributed by atoms with Gasteiger partial charge in [0.15, 0.2) is 0 Å². The van der Waals surface area contributed by atoms with Gasteiger partial charge in [-0.3, -0.25) is 0 Å². The Kier molecular flexibility index (Phi) is 13.7. The molecule has 0 saturated carbocycles. The molecule has 0 heterocycles. The van der Waals surface area contributed by atoms with Crippen molar-refractivity contribution in [2.24, 2.45) is 0 Å². The van der Waals surface area contributed by atoms with E-state index in [0.717, 1.165) is 0 Å². The second-order valence-electron chi connectivity index (χ2n) is 0.513. The van der Waals surface area contributed by atoms with E-state index in [1.54, 1.807) is 0 Å². The average molecular weight is 280 g/mol. The molecule has 0 unspecified atom stereocenters. The van der Waals surface area contributed by atoms with Crippen LogP contribution in [-0.2, 0) is 57.0 Å². The van der Waals surface area contributed by atoms with Crippen LogP contribution in [0.25, 0.3) is 0 Å². The summed E-state index contributed by atoms with van der Waals surface area (Å²) in [4.78, 5) is 21.6. The molecule has 0 aliphatic carbocycles. The van der Waals surface area contributed by atoms with Gasteiger partial charge in [-0.2, -0.15) is 0 Å². The fourth-order valence-corrected chi connectivity index (χ4v) is 0. The quantitative estimate of drug-likeness (QED) is 0.501. The molecule has 0 aromatic heterocycles. The van der Waals surface area contributed by atoms with Crippen molar-refractivity contribution >= 4 is 7.82 Å². The molecular weight excluding hydrogens is 277 g/mol. The molecule has 7 heavy (non-hydrogen) atoms. The van der Waals surface area contributed by atoms with Crippen LogP contribution in [0, 0.1) is 0 Å². The Hall–Kier alpha value is 1.88. The van der Waals surface area contributed by atoms with E-state index in [2.05, 4.69) is 0 Å². The molecule has 0 aromatic carbocycles. The molecule has 0 fully saturated rings. The van der Waals surface area contributed by atoms with Gasteiger partial charge in [0.2, 0.25) is 0 Å². The van der Waals surface area contributed by atoms with Gasteiger partial charge in [0.25, 0.3) is 0 Å². The maximum atomic E-state index is 8.88. The molecule has 0 saturated heterocycles. The first kappa shape index (κ1) is 15.9. The van der Waals surface area contributed by atoms with Crippen LogP contribution in [0.15, 0.2) is 0 Å². The molecule has 4 nitrogen and oxygen atoms in total. The zero-order valence-corrected chi connectivity index (χ0v) is 9.01. The van der Waals surface area contributed by atoms with Crippen molar-refractivity contribution in [3.8, 4) is 0 Å². The topological polar surface area (TPSA) is 77.8 Å². The van der Waals surface area contributed by atoms with Crippen molar-refractivity contribution in [3.05, 3.63) is 0 Å². The summed E-state index contributed by atoms with van der Waals surface area (Å²) in [7, 11) is -4.64. The number of hydrogen-bond donors (Lipinski definition) is 3. The predicted octanol–water partition coefficient (Wildman–Crippen LogP) is -0.934. The van der Waals surface area contributed by atoms with Gasteiger partial charge in [-0.05, 0) is 0 Å². The Labute approximate surface area is 78.8 Å². The van der Waals surface area contributed by atoms with E-state index in [1.807, 2.05) is 0 Å². The van der Waals surface area contributed by atoms with E-state index in [1.165, 1.54) is 0 Å². The van der Waals surface area contributed by atoms with Crippen LogP contribution < -0.4 is 0 Å². The van der Waals surface area contributed by atoms with E-state index < -0.39 is 7.82 Å². The maximum absolute atomic E-state index is 8.88. The van der Waals surface area contributed by atoms with Gasteiger partial charge in [-0.15, -0.1) is 0 Å². The van der Waals surface area contributed by atoms with Crippen molar-refractivity contribution in [2.75, 3.05) is 0 Å². The molecule has 0 radical (unpaired) electrons. The molecule has 7 heteroatoms. The van der Waals surface area contributed by atoms with Crippen LogP contribution >= 0.6 is 7.82 Å². The molecule has 0 spiro atoms. The molecule has 0 bridgehead atoms. The normalized spacial score (nSPS) is 8.43. The third-order valence-corrected chi connectivity index (χ3v) is 0.